The van der Waals surface area contributed by atoms with Crippen LogP contribution < -0.4 is 10.6 Å². The molecule has 0 aliphatic carbocycles. The summed E-state index contributed by atoms with van der Waals surface area (Å²) in [6, 6.07) is 10.8. The lowest BCUT2D eigenvalue weighted by atomic mass is 10.2. The second kappa shape index (κ2) is 7.96. The van der Waals surface area contributed by atoms with Crippen LogP contribution in [0.25, 0.3) is 5.78 Å². The van der Waals surface area contributed by atoms with E-state index in [1.54, 1.807) is 4.52 Å². The largest absolute Gasteiger partial charge is 0.334 e. The van der Waals surface area contributed by atoms with E-state index < -0.39 is 11.9 Å². The maximum atomic E-state index is 11.9. The summed E-state index contributed by atoms with van der Waals surface area (Å²) in [6.07, 6.45) is 0. The van der Waals surface area contributed by atoms with E-state index in [4.69, 9.17) is 0 Å². The van der Waals surface area contributed by atoms with Gasteiger partial charge in [0, 0.05) is 17.9 Å². The summed E-state index contributed by atoms with van der Waals surface area (Å²) in [5.41, 5.74) is 2.72. The molecule has 2 heterocycles. The van der Waals surface area contributed by atoms with Gasteiger partial charge in [-0.3, -0.25) is 10.1 Å². The predicted octanol–water partition coefficient (Wildman–Crippen LogP) is 1.86. The van der Waals surface area contributed by atoms with Gasteiger partial charge in [0.15, 0.2) is 0 Å². The Hall–Kier alpha value is -2.94. The summed E-state index contributed by atoms with van der Waals surface area (Å²) < 4.78 is 1.62. The van der Waals surface area contributed by atoms with Crippen LogP contribution in [0, 0.1) is 13.8 Å². The van der Waals surface area contributed by atoms with Crippen molar-refractivity contribution in [1.82, 2.24) is 30.2 Å². The van der Waals surface area contributed by atoms with Crippen LogP contribution in [0.15, 0.2) is 41.6 Å². The lowest BCUT2D eigenvalue weighted by molar-refractivity contribution is -0.117. The summed E-state index contributed by atoms with van der Waals surface area (Å²) in [6.45, 7) is 4.15. The molecule has 0 unspecified atom stereocenters. The number of benzene rings is 1. The third-order valence-electron chi connectivity index (χ3n) is 3.48. The van der Waals surface area contributed by atoms with Gasteiger partial charge < -0.3 is 5.32 Å². The molecule has 0 spiro atoms. The SMILES string of the molecule is Cc1cc(C)n2nc(SCC(=O)NC(=O)NCc3ccccc3)nc2n1. The van der Waals surface area contributed by atoms with Crippen molar-refractivity contribution < 1.29 is 9.59 Å². The van der Waals surface area contributed by atoms with Gasteiger partial charge in [-0.15, -0.1) is 5.10 Å². The van der Waals surface area contributed by atoms with Gasteiger partial charge in [0.25, 0.3) is 5.78 Å². The Kier molecular flexibility index (Phi) is 5.47. The topological polar surface area (TPSA) is 101 Å². The number of nitrogens with one attached hydrogen (secondary N) is 2. The van der Waals surface area contributed by atoms with Crippen molar-refractivity contribution in [3.63, 3.8) is 0 Å². The first kappa shape index (κ1) is 17.9. The van der Waals surface area contributed by atoms with Crippen LogP contribution in [-0.2, 0) is 11.3 Å². The Bertz CT molecular complexity index is 941. The monoisotopic (exact) mass is 370 g/mol. The van der Waals surface area contributed by atoms with E-state index in [-0.39, 0.29) is 5.75 Å². The Morgan fingerprint density at radius 3 is 2.69 bits per heavy atom. The third-order valence-corrected chi connectivity index (χ3v) is 4.32. The van der Waals surface area contributed by atoms with Gasteiger partial charge in [-0.05, 0) is 25.5 Å². The zero-order valence-electron chi connectivity index (χ0n) is 14.4. The highest BCUT2D eigenvalue weighted by Crippen LogP contribution is 2.14. The summed E-state index contributed by atoms with van der Waals surface area (Å²) in [7, 11) is 0. The predicted molar refractivity (Wildman–Crippen MR) is 97.8 cm³/mol. The van der Waals surface area contributed by atoms with Gasteiger partial charge in [-0.1, -0.05) is 42.1 Å². The number of urea groups is 1. The summed E-state index contributed by atoms with van der Waals surface area (Å²) in [5, 5.41) is 9.67. The molecule has 0 aliphatic heterocycles. The number of carbonyl (C=O) groups is 2. The minimum atomic E-state index is -0.532. The van der Waals surface area contributed by atoms with Crippen molar-refractivity contribution in [2.75, 3.05) is 5.75 Å². The molecule has 0 fully saturated rings. The average Bonchev–Trinajstić information content (AvgIpc) is 3.02. The molecule has 0 aliphatic rings. The molecular formula is C17H18N6O2S. The van der Waals surface area contributed by atoms with Gasteiger partial charge in [-0.25, -0.2) is 14.3 Å². The highest BCUT2D eigenvalue weighted by molar-refractivity contribution is 7.99. The fraction of sp³-hybridized carbons (Fsp3) is 0.235. The lowest BCUT2D eigenvalue weighted by Gasteiger charge is -2.06. The van der Waals surface area contributed by atoms with Crippen molar-refractivity contribution in [1.29, 1.82) is 0 Å². The molecule has 0 saturated heterocycles. The van der Waals surface area contributed by atoms with Crippen LogP contribution in [0.2, 0.25) is 0 Å². The Morgan fingerprint density at radius 1 is 1.15 bits per heavy atom. The molecule has 26 heavy (non-hydrogen) atoms. The van der Waals surface area contributed by atoms with Gasteiger partial charge >= 0.3 is 6.03 Å². The van der Waals surface area contributed by atoms with E-state index in [1.165, 1.54) is 0 Å². The summed E-state index contributed by atoms with van der Waals surface area (Å²) >= 11 is 1.15. The molecule has 134 valence electrons. The molecule has 3 rings (SSSR count). The summed E-state index contributed by atoms with van der Waals surface area (Å²) in [5.74, 6) is 0.111. The third kappa shape index (κ3) is 4.57. The standard InChI is InChI=1S/C17H18N6O2S/c1-11-8-12(2)23-15(19-11)21-17(22-23)26-10-14(24)20-16(25)18-9-13-6-4-3-5-7-13/h3-8H,9-10H2,1-2H3,(H2,18,20,24,25). The number of aryl methyl sites for hydroxylation is 2. The minimum absolute atomic E-state index is 0.0354. The number of imide groups is 1. The molecule has 2 N–H and O–H groups in total. The Balaban J connectivity index is 1.49. The normalized spacial score (nSPS) is 10.7. The number of thioether (sulfide) groups is 1. The number of hydrogen-bond donors (Lipinski definition) is 2. The number of carbonyl (C=O) groups excluding carboxylic acids is 2. The number of fused-ring (bicyclic) bond motifs is 1. The Labute approximate surface area is 154 Å². The number of amides is 3. The summed E-state index contributed by atoms with van der Waals surface area (Å²) in [4.78, 5) is 32.2. The molecule has 3 amide bonds. The number of rotatable bonds is 5. The number of aromatic nitrogens is 4. The smallest absolute Gasteiger partial charge is 0.321 e. The van der Waals surface area contributed by atoms with Crippen LogP contribution in [0.1, 0.15) is 17.0 Å². The fourth-order valence-corrected chi connectivity index (χ4v) is 2.94. The molecule has 8 nitrogen and oxygen atoms in total. The number of nitrogens with zero attached hydrogens (tertiary/aromatic N) is 4. The van der Waals surface area contributed by atoms with E-state index in [2.05, 4.69) is 25.7 Å². The highest BCUT2D eigenvalue weighted by atomic mass is 32.2. The zero-order valence-corrected chi connectivity index (χ0v) is 15.2. The molecule has 1 aromatic carbocycles. The molecule has 0 saturated carbocycles. The fourth-order valence-electron chi connectivity index (χ4n) is 2.32. The minimum Gasteiger partial charge on any atom is -0.334 e. The average molecular weight is 370 g/mol. The molecule has 0 radical (unpaired) electrons. The van der Waals surface area contributed by atoms with Crippen molar-refractivity contribution in [2.45, 2.75) is 25.5 Å². The first-order valence-electron chi connectivity index (χ1n) is 7.96. The van der Waals surface area contributed by atoms with Crippen LogP contribution in [0.3, 0.4) is 0 Å². The maximum absolute atomic E-state index is 11.9. The van der Waals surface area contributed by atoms with Crippen molar-refractivity contribution in [3.05, 3.63) is 53.3 Å². The molecule has 2 aromatic heterocycles. The van der Waals surface area contributed by atoms with Crippen LogP contribution >= 0.6 is 11.8 Å². The second-order valence-electron chi connectivity index (χ2n) is 5.65. The maximum Gasteiger partial charge on any atom is 0.321 e. The van der Waals surface area contributed by atoms with E-state index in [0.717, 1.165) is 28.7 Å². The van der Waals surface area contributed by atoms with Gasteiger partial charge in [0.05, 0.1) is 5.75 Å². The molecule has 0 bridgehead atoms. The van der Waals surface area contributed by atoms with Gasteiger partial charge in [-0.2, -0.15) is 4.98 Å². The Morgan fingerprint density at radius 2 is 1.92 bits per heavy atom. The van der Waals surface area contributed by atoms with Crippen LogP contribution in [-0.4, -0.2) is 37.3 Å². The van der Waals surface area contributed by atoms with Crippen molar-refractivity contribution in [2.24, 2.45) is 0 Å². The van der Waals surface area contributed by atoms with E-state index in [1.807, 2.05) is 50.2 Å². The van der Waals surface area contributed by atoms with Gasteiger partial charge in [0.1, 0.15) is 0 Å². The quantitative estimate of drug-likeness (QED) is 0.665. The number of hydrogen-bond acceptors (Lipinski definition) is 6. The van der Waals surface area contributed by atoms with Crippen molar-refractivity contribution >= 4 is 29.5 Å². The van der Waals surface area contributed by atoms with E-state index >= 15 is 0 Å². The molecule has 0 atom stereocenters. The zero-order chi connectivity index (χ0) is 18.5. The first-order chi connectivity index (χ1) is 12.5. The molecule has 9 heteroatoms. The van der Waals surface area contributed by atoms with Crippen LogP contribution in [0.4, 0.5) is 4.79 Å². The molecular weight excluding hydrogens is 352 g/mol. The van der Waals surface area contributed by atoms with Crippen molar-refractivity contribution in [3.8, 4) is 0 Å². The van der Waals surface area contributed by atoms with E-state index in [0.29, 0.717) is 17.5 Å². The highest BCUT2D eigenvalue weighted by Gasteiger charge is 2.12. The molecule has 3 aromatic rings. The lowest BCUT2D eigenvalue weighted by Crippen LogP contribution is -2.39. The van der Waals surface area contributed by atoms with Crippen LogP contribution in [0.5, 0.6) is 0 Å². The van der Waals surface area contributed by atoms with Gasteiger partial charge in [0.2, 0.25) is 11.1 Å². The van der Waals surface area contributed by atoms with E-state index in [9.17, 15) is 9.59 Å². The second-order valence-corrected chi connectivity index (χ2v) is 6.59. The first-order valence-corrected chi connectivity index (χ1v) is 8.95.